The number of nitrogens with zero attached hydrogens (tertiary/aromatic N) is 3. The van der Waals surface area contributed by atoms with Crippen LogP contribution in [-0.4, -0.2) is 21.2 Å². The van der Waals surface area contributed by atoms with Crippen LogP contribution in [0.3, 0.4) is 0 Å². The second-order valence-electron chi connectivity index (χ2n) is 5.00. The van der Waals surface area contributed by atoms with Crippen molar-refractivity contribution in [2.45, 2.75) is 32.7 Å². The molecule has 0 aliphatic rings. The van der Waals surface area contributed by atoms with Gasteiger partial charge in [0.05, 0.1) is 0 Å². The molecule has 0 radical (unpaired) electrons. The lowest BCUT2D eigenvalue weighted by atomic mass is 10.0. The van der Waals surface area contributed by atoms with Crippen LogP contribution in [0.4, 0.5) is 0 Å². The number of hydrogen-bond acceptors (Lipinski definition) is 5. The summed E-state index contributed by atoms with van der Waals surface area (Å²) in [6.45, 7) is 4.29. The highest BCUT2D eigenvalue weighted by molar-refractivity contribution is 9.10. The maximum absolute atomic E-state index is 6.03. The predicted octanol–water partition coefficient (Wildman–Crippen LogP) is 2.81. The molecule has 2 aromatic heterocycles. The third-order valence-corrected chi connectivity index (χ3v) is 3.08. The molecule has 1 unspecified atom stereocenters. The summed E-state index contributed by atoms with van der Waals surface area (Å²) in [5.41, 5.74) is 6.85. The smallest absolute Gasteiger partial charge is 0.228 e. The lowest BCUT2D eigenvalue weighted by molar-refractivity contribution is 0.359. The highest BCUT2D eigenvalue weighted by Crippen LogP contribution is 2.19. The molecule has 0 aliphatic carbocycles. The first kappa shape index (κ1) is 14.1. The van der Waals surface area contributed by atoms with Crippen molar-refractivity contribution in [2.24, 2.45) is 11.7 Å². The Balaban J connectivity index is 2.07. The topological polar surface area (TPSA) is 77.8 Å². The number of halogens is 1. The van der Waals surface area contributed by atoms with Crippen LogP contribution in [0.15, 0.2) is 27.5 Å². The first-order valence-corrected chi connectivity index (χ1v) is 7.03. The van der Waals surface area contributed by atoms with E-state index in [4.69, 9.17) is 10.3 Å². The summed E-state index contributed by atoms with van der Waals surface area (Å²) in [4.78, 5) is 8.43. The van der Waals surface area contributed by atoms with Crippen molar-refractivity contribution < 1.29 is 4.52 Å². The minimum absolute atomic E-state index is 0.0499. The van der Waals surface area contributed by atoms with Crippen molar-refractivity contribution in [2.75, 3.05) is 0 Å². The molecular weight excluding hydrogens is 308 g/mol. The summed E-state index contributed by atoms with van der Waals surface area (Å²) in [6.07, 6.45) is 4.96. The second kappa shape index (κ2) is 6.25. The maximum atomic E-state index is 6.03. The monoisotopic (exact) mass is 324 g/mol. The summed E-state index contributed by atoms with van der Waals surface area (Å²) in [6, 6.07) is 1.95. The Labute approximate surface area is 120 Å². The van der Waals surface area contributed by atoms with Crippen molar-refractivity contribution in [3.8, 4) is 11.4 Å². The summed E-state index contributed by atoms with van der Waals surface area (Å²) in [7, 11) is 0. The molecule has 1 atom stereocenters. The average Bonchev–Trinajstić information content (AvgIpc) is 2.76. The van der Waals surface area contributed by atoms with E-state index in [9.17, 15) is 0 Å². The standard InChI is InChI=1S/C13H17BrN4O/c1-8(2)3-11(15)5-12-17-13(18-19-12)9-4-10(14)7-16-6-9/h4,6-8,11H,3,5,15H2,1-2H3. The molecule has 19 heavy (non-hydrogen) atoms. The number of pyridine rings is 1. The van der Waals surface area contributed by atoms with E-state index in [1.165, 1.54) is 0 Å². The van der Waals surface area contributed by atoms with Crippen LogP contribution in [0.5, 0.6) is 0 Å². The van der Waals surface area contributed by atoms with Gasteiger partial charge in [-0.3, -0.25) is 4.98 Å². The molecule has 6 heteroatoms. The lowest BCUT2D eigenvalue weighted by Gasteiger charge is -2.10. The van der Waals surface area contributed by atoms with Gasteiger partial charge < -0.3 is 10.3 Å². The molecule has 2 heterocycles. The van der Waals surface area contributed by atoms with Crippen LogP contribution >= 0.6 is 15.9 Å². The Bertz CT molecular complexity index is 541. The molecular formula is C13H17BrN4O. The zero-order valence-corrected chi connectivity index (χ0v) is 12.6. The van der Waals surface area contributed by atoms with Crippen LogP contribution < -0.4 is 5.73 Å². The fraction of sp³-hybridized carbons (Fsp3) is 0.462. The van der Waals surface area contributed by atoms with Gasteiger partial charge >= 0.3 is 0 Å². The van der Waals surface area contributed by atoms with Gasteiger partial charge in [-0.1, -0.05) is 19.0 Å². The van der Waals surface area contributed by atoms with Gasteiger partial charge in [0.1, 0.15) is 0 Å². The summed E-state index contributed by atoms with van der Waals surface area (Å²) in [5.74, 6) is 1.68. The van der Waals surface area contributed by atoms with E-state index in [1.54, 1.807) is 12.4 Å². The minimum Gasteiger partial charge on any atom is -0.339 e. The van der Waals surface area contributed by atoms with Gasteiger partial charge in [-0.15, -0.1) is 0 Å². The Kier molecular flexibility index (Phi) is 4.66. The second-order valence-corrected chi connectivity index (χ2v) is 5.91. The van der Waals surface area contributed by atoms with E-state index in [1.807, 2.05) is 6.07 Å². The Hall–Kier alpha value is -1.27. The zero-order valence-electron chi connectivity index (χ0n) is 11.0. The number of aromatic nitrogens is 3. The highest BCUT2D eigenvalue weighted by atomic mass is 79.9. The quantitative estimate of drug-likeness (QED) is 0.914. The molecule has 0 aliphatic heterocycles. The van der Waals surface area contributed by atoms with E-state index in [2.05, 4.69) is 44.9 Å². The van der Waals surface area contributed by atoms with Gasteiger partial charge in [-0.2, -0.15) is 4.98 Å². The van der Waals surface area contributed by atoms with Crippen LogP contribution in [-0.2, 0) is 6.42 Å². The van der Waals surface area contributed by atoms with Crippen LogP contribution in [0.1, 0.15) is 26.2 Å². The SMILES string of the molecule is CC(C)CC(N)Cc1nc(-c2cncc(Br)c2)no1. The largest absolute Gasteiger partial charge is 0.339 e. The Morgan fingerprint density at radius 3 is 2.84 bits per heavy atom. The minimum atomic E-state index is 0.0499. The first-order chi connectivity index (χ1) is 9.04. The summed E-state index contributed by atoms with van der Waals surface area (Å²) >= 11 is 3.36. The van der Waals surface area contributed by atoms with Crippen molar-refractivity contribution >= 4 is 15.9 Å². The van der Waals surface area contributed by atoms with Gasteiger partial charge in [0.15, 0.2) is 0 Å². The predicted molar refractivity (Wildman–Crippen MR) is 76.4 cm³/mol. The lowest BCUT2D eigenvalue weighted by Crippen LogP contribution is -2.24. The summed E-state index contributed by atoms with van der Waals surface area (Å²) in [5, 5.41) is 3.96. The number of nitrogens with two attached hydrogens (primary N) is 1. The van der Waals surface area contributed by atoms with Gasteiger partial charge in [0.25, 0.3) is 0 Å². The molecule has 0 saturated heterocycles. The van der Waals surface area contributed by atoms with Gasteiger partial charge in [0, 0.05) is 34.9 Å². The van der Waals surface area contributed by atoms with Crippen molar-refractivity contribution in [3.05, 3.63) is 28.8 Å². The fourth-order valence-corrected chi connectivity index (χ4v) is 2.27. The molecule has 0 aromatic carbocycles. The zero-order chi connectivity index (χ0) is 13.8. The maximum Gasteiger partial charge on any atom is 0.228 e. The third kappa shape index (κ3) is 4.11. The molecule has 0 saturated carbocycles. The van der Waals surface area contributed by atoms with Crippen LogP contribution in [0, 0.1) is 5.92 Å². The molecule has 0 spiro atoms. The Morgan fingerprint density at radius 2 is 2.16 bits per heavy atom. The molecule has 2 aromatic rings. The van der Waals surface area contributed by atoms with Crippen molar-refractivity contribution in [1.29, 1.82) is 0 Å². The number of hydrogen-bond donors (Lipinski definition) is 1. The van der Waals surface area contributed by atoms with Gasteiger partial charge in [-0.05, 0) is 34.3 Å². The van der Waals surface area contributed by atoms with Crippen molar-refractivity contribution in [3.63, 3.8) is 0 Å². The van der Waals surface area contributed by atoms with Gasteiger partial charge in [-0.25, -0.2) is 0 Å². The van der Waals surface area contributed by atoms with E-state index in [-0.39, 0.29) is 6.04 Å². The van der Waals surface area contributed by atoms with E-state index >= 15 is 0 Å². The molecule has 2 N–H and O–H groups in total. The van der Waals surface area contributed by atoms with Crippen molar-refractivity contribution in [1.82, 2.24) is 15.1 Å². The average molecular weight is 325 g/mol. The summed E-state index contributed by atoms with van der Waals surface area (Å²) < 4.78 is 6.11. The van der Waals surface area contributed by atoms with Gasteiger partial charge in [0.2, 0.25) is 11.7 Å². The molecule has 5 nitrogen and oxygen atoms in total. The van der Waals surface area contributed by atoms with Crippen LogP contribution in [0.2, 0.25) is 0 Å². The number of rotatable bonds is 5. The molecule has 102 valence electrons. The molecule has 0 fully saturated rings. The first-order valence-electron chi connectivity index (χ1n) is 6.23. The van der Waals surface area contributed by atoms with E-state index in [0.29, 0.717) is 24.1 Å². The fourth-order valence-electron chi connectivity index (χ4n) is 1.90. The third-order valence-electron chi connectivity index (χ3n) is 2.64. The molecule has 2 rings (SSSR count). The molecule has 0 amide bonds. The normalized spacial score (nSPS) is 12.9. The van der Waals surface area contributed by atoms with Crippen LogP contribution in [0.25, 0.3) is 11.4 Å². The molecule has 0 bridgehead atoms. The Morgan fingerprint density at radius 1 is 1.37 bits per heavy atom. The highest BCUT2D eigenvalue weighted by Gasteiger charge is 2.13. The van der Waals surface area contributed by atoms with E-state index < -0.39 is 0 Å². The van der Waals surface area contributed by atoms with E-state index in [0.717, 1.165) is 16.5 Å².